The van der Waals surface area contributed by atoms with Crippen LogP contribution in [0.15, 0.2) is 30.3 Å². The van der Waals surface area contributed by atoms with E-state index in [1.165, 1.54) is 5.56 Å². The summed E-state index contributed by atoms with van der Waals surface area (Å²) < 4.78 is 0. The lowest BCUT2D eigenvalue weighted by atomic mass is 9.99. The van der Waals surface area contributed by atoms with E-state index >= 15 is 0 Å². The number of rotatable bonds is 6. The lowest BCUT2D eigenvalue weighted by Crippen LogP contribution is -2.31. The van der Waals surface area contributed by atoms with Gasteiger partial charge in [-0.1, -0.05) is 29.8 Å². The van der Waals surface area contributed by atoms with Crippen LogP contribution in [0.2, 0.25) is 0 Å². The van der Waals surface area contributed by atoms with Crippen molar-refractivity contribution in [2.24, 2.45) is 0 Å². The molecule has 0 aliphatic carbocycles. The Hall–Kier alpha value is -2.47. The van der Waals surface area contributed by atoms with Crippen molar-refractivity contribution in [1.82, 2.24) is 20.2 Å². The van der Waals surface area contributed by atoms with E-state index in [-0.39, 0.29) is 5.91 Å². The number of benzene rings is 1. The van der Waals surface area contributed by atoms with E-state index in [0.29, 0.717) is 18.9 Å². The van der Waals surface area contributed by atoms with Gasteiger partial charge in [0.15, 0.2) is 0 Å². The number of hydrogen-bond donors (Lipinski definition) is 2. The summed E-state index contributed by atoms with van der Waals surface area (Å²) in [6.45, 7) is 4.50. The number of likely N-dealkylation sites (N-methyl/N-ethyl adjacent to an activating group) is 1. The second-order valence-corrected chi connectivity index (χ2v) is 7.31. The zero-order chi connectivity index (χ0) is 19.2. The first-order chi connectivity index (χ1) is 13.0. The molecule has 2 aromatic rings. The SMILES string of the molecule is CNc1cc(CN(C)C(=O)Cc2ccc(C)cc2)nc([C@@H]2CCCNC2)n1. The fourth-order valence-electron chi connectivity index (χ4n) is 3.33. The third-order valence-corrected chi connectivity index (χ3v) is 5.02. The molecule has 1 aromatic carbocycles. The molecule has 1 atom stereocenters. The molecule has 0 unspecified atom stereocenters. The largest absolute Gasteiger partial charge is 0.373 e. The lowest BCUT2D eigenvalue weighted by molar-refractivity contribution is -0.129. The van der Waals surface area contributed by atoms with Crippen LogP contribution in [0.5, 0.6) is 0 Å². The molecule has 0 saturated carbocycles. The van der Waals surface area contributed by atoms with Crippen molar-refractivity contribution in [2.45, 2.75) is 38.6 Å². The number of anilines is 1. The van der Waals surface area contributed by atoms with Crippen LogP contribution < -0.4 is 10.6 Å². The van der Waals surface area contributed by atoms with Crippen LogP contribution in [-0.4, -0.2) is 48.0 Å². The van der Waals surface area contributed by atoms with Crippen LogP contribution in [0.25, 0.3) is 0 Å². The number of aryl methyl sites for hydroxylation is 1. The quantitative estimate of drug-likeness (QED) is 0.821. The fourth-order valence-corrected chi connectivity index (χ4v) is 3.33. The van der Waals surface area contributed by atoms with Gasteiger partial charge in [0.05, 0.1) is 18.7 Å². The van der Waals surface area contributed by atoms with Gasteiger partial charge in [-0.2, -0.15) is 0 Å². The summed E-state index contributed by atoms with van der Waals surface area (Å²) in [5.41, 5.74) is 3.10. The summed E-state index contributed by atoms with van der Waals surface area (Å²) >= 11 is 0. The van der Waals surface area contributed by atoms with Crippen LogP contribution in [-0.2, 0) is 17.8 Å². The van der Waals surface area contributed by atoms with E-state index in [4.69, 9.17) is 4.98 Å². The molecule has 1 saturated heterocycles. The molecule has 6 heteroatoms. The molecule has 2 heterocycles. The Kier molecular flexibility index (Phi) is 6.40. The first kappa shape index (κ1) is 19.3. The smallest absolute Gasteiger partial charge is 0.227 e. The second-order valence-electron chi connectivity index (χ2n) is 7.31. The molecule has 27 heavy (non-hydrogen) atoms. The van der Waals surface area contributed by atoms with Crippen molar-refractivity contribution >= 4 is 11.7 Å². The highest BCUT2D eigenvalue weighted by atomic mass is 16.2. The molecule has 1 aliphatic heterocycles. The summed E-state index contributed by atoms with van der Waals surface area (Å²) in [7, 11) is 3.70. The molecule has 6 nitrogen and oxygen atoms in total. The van der Waals surface area contributed by atoms with Gasteiger partial charge < -0.3 is 15.5 Å². The Balaban J connectivity index is 1.69. The number of nitrogens with zero attached hydrogens (tertiary/aromatic N) is 3. The number of hydrogen-bond acceptors (Lipinski definition) is 5. The average molecular weight is 367 g/mol. The number of piperidine rings is 1. The maximum Gasteiger partial charge on any atom is 0.227 e. The fraction of sp³-hybridized carbons (Fsp3) is 0.476. The second kappa shape index (κ2) is 8.95. The van der Waals surface area contributed by atoms with Crippen LogP contribution in [0, 0.1) is 6.92 Å². The van der Waals surface area contributed by atoms with Gasteiger partial charge in [0, 0.05) is 32.6 Å². The zero-order valence-corrected chi connectivity index (χ0v) is 16.5. The standard InChI is InChI=1S/C21H29N5O/c1-15-6-8-16(9-7-15)11-20(27)26(3)14-18-12-19(22-2)25-21(24-18)17-5-4-10-23-13-17/h6-9,12,17,23H,4-5,10-11,13-14H2,1-3H3,(H,22,24,25)/t17-/m1/s1. The van der Waals surface area contributed by atoms with E-state index < -0.39 is 0 Å². The molecule has 1 amide bonds. The average Bonchev–Trinajstić information content (AvgIpc) is 2.70. The van der Waals surface area contributed by atoms with Crippen LogP contribution in [0.4, 0.5) is 5.82 Å². The van der Waals surface area contributed by atoms with Gasteiger partial charge >= 0.3 is 0 Å². The molecule has 1 aromatic heterocycles. The van der Waals surface area contributed by atoms with E-state index in [2.05, 4.69) is 15.6 Å². The lowest BCUT2D eigenvalue weighted by Gasteiger charge is -2.23. The third-order valence-electron chi connectivity index (χ3n) is 5.02. The highest BCUT2D eigenvalue weighted by Crippen LogP contribution is 2.22. The van der Waals surface area contributed by atoms with Crippen LogP contribution in [0.1, 0.15) is 41.4 Å². The molecule has 0 spiro atoms. The van der Waals surface area contributed by atoms with Crippen molar-refractivity contribution < 1.29 is 4.79 Å². The molecular weight excluding hydrogens is 338 g/mol. The minimum atomic E-state index is 0.0874. The number of carbonyl (C=O) groups excluding carboxylic acids is 1. The van der Waals surface area contributed by atoms with Crippen LogP contribution >= 0.6 is 0 Å². The summed E-state index contributed by atoms with van der Waals surface area (Å²) in [5, 5.41) is 6.54. The Bertz CT molecular complexity index is 769. The molecule has 3 rings (SSSR count). The minimum absolute atomic E-state index is 0.0874. The van der Waals surface area contributed by atoms with E-state index in [0.717, 1.165) is 48.8 Å². The van der Waals surface area contributed by atoms with Crippen molar-refractivity contribution in [3.63, 3.8) is 0 Å². The van der Waals surface area contributed by atoms with Crippen LogP contribution in [0.3, 0.4) is 0 Å². The first-order valence-electron chi connectivity index (χ1n) is 9.61. The van der Waals surface area contributed by atoms with Gasteiger partial charge in [0.2, 0.25) is 5.91 Å². The Morgan fingerprint density at radius 1 is 1.30 bits per heavy atom. The highest BCUT2D eigenvalue weighted by molar-refractivity contribution is 5.78. The summed E-state index contributed by atoms with van der Waals surface area (Å²) in [5.74, 6) is 2.09. The van der Waals surface area contributed by atoms with Gasteiger partial charge in [-0.05, 0) is 31.9 Å². The maximum absolute atomic E-state index is 12.6. The van der Waals surface area contributed by atoms with Crippen molar-refractivity contribution in [1.29, 1.82) is 0 Å². The number of amides is 1. The number of nitrogens with one attached hydrogen (secondary N) is 2. The van der Waals surface area contributed by atoms with Gasteiger partial charge in [0.1, 0.15) is 11.6 Å². The Labute approximate surface area is 161 Å². The molecule has 2 N–H and O–H groups in total. The predicted octanol–water partition coefficient (Wildman–Crippen LogP) is 2.49. The molecule has 0 bridgehead atoms. The molecular formula is C21H29N5O. The monoisotopic (exact) mass is 367 g/mol. The van der Waals surface area contributed by atoms with E-state index in [9.17, 15) is 4.79 Å². The van der Waals surface area contributed by atoms with Crippen molar-refractivity contribution in [3.05, 3.63) is 53.0 Å². The predicted molar refractivity (Wildman–Crippen MR) is 108 cm³/mol. The van der Waals surface area contributed by atoms with Gasteiger partial charge in [-0.3, -0.25) is 4.79 Å². The number of aromatic nitrogens is 2. The van der Waals surface area contributed by atoms with E-state index in [1.54, 1.807) is 4.90 Å². The topological polar surface area (TPSA) is 70.2 Å². The summed E-state index contributed by atoms with van der Waals surface area (Å²) in [6.07, 6.45) is 2.64. The third kappa shape index (κ3) is 5.26. The molecule has 1 fully saturated rings. The van der Waals surface area contributed by atoms with Crippen molar-refractivity contribution in [3.8, 4) is 0 Å². The minimum Gasteiger partial charge on any atom is -0.373 e. The summed E-state index contributed by atoms with van der Waals surface area (Å²) in [6, 6.07) is 10.0. The van der Waals surface area contributed by atoms with Crippen molar-refractivity contribution in [2.75, 3.05) is 32.5 Å². The first-order valence-corrected chi connectivity index (χ1v) is 9.61. The Morgan fingerprint density at radius 2 is 2.07 bits per heavy atom. The Morgan fingerprint density at radius 3 is 2.74 bits per heavy atom. The van der Waals surface area contributed by atoms with E-state index in [1.807, 2.05) is 51.4 Å². The maximum atomic E-state index is 12.6. The summed E-state index contributed by atoms with van der Waals surface area (Å²) in [4.78, 5) is 23.7. The highest BCUT2D eigenvalue weighted by Gasteiger charge is 2.20. The van der Waals surface area contributed by atoms with Gasteiger partial charge in [0.25, 0.3) is 0 Å². The van der Waals surface area contributed by atoms with Gasteiger partial charge in [-0.25, -0.2) is 9.97 Å². The zero-order valence-electron chi connectivity index (χ0n) is 16.5. The number of carbonyl (C=O) groups is 1. The normalized spacial score (nSPS) is 16.8. The van der Waals surface area contributed by atoms with Gasteiger partial charge in [-0.15, -0.1) is 0 Å². The molecule has 0 radical (unpaired) electrons. The molecule has 144 valence electrons. The molecule has 1 aliphatic rings.